The number of hydrogen-bond donors (Lipinski definition) is 2. The van der Waals surface area contributed by atoms with Crippen molar-refractivity contribution in [3.05, 3.63) is 71.9 Å². The molecule has 0 aliphatic heterocycles. The van der Waals surface area contributed by atoms with Crippen molar-refractivity contribution in [2.75, 3.05) is 20.6 Å². The molecule has 25 heavy (non-hydrogen) atoms. The van der Waals surface area contributed by atoms with Gasteiger partial charge in [-0.1, -0.05) is 12.1 Å². The van der Waals surface area contributed by atoms with E-state index in [0.29, 0.717) is 6.54 Å². The van der Waals surface area contributed by atoms with Gasteiger partial charge in [-0.05, 0) is 43.9 Å². The van der Waals surface area contributed by atoms with Crippen molar-refractivity contribution in [3.63, 3.8) is 0 Å². The summed E-state index contributed by atoms with van der Waals surface area (Å²) in [7, 11) is 4.04. The highest BCUT2D eigenvalue weighted by Crippen LogP contribution is 2.21. The summed E-state index contributed by atoms with van der Waals surface area (Å²) in [6, 6.07) is 10.7. The van der Waals surface area contributed by atoms with Gasteiger partial charge >= 0.3 is 0 Å². The normalized spacial score (nSPS) is 12.5. The standard InChI is InChI=1S/C19H22FN5/c1-25(2)18(14-5-7-17(20)8-6-14)13-22-11-16-12-23-24-19(16)15-4-3-9-21-10-15/h3-10,12,18,22H,11,13H2,1-2H3,(H,23,24)/t18-/m0/s1. The molecule has 130 valence electrons. The zero-order valence-corrected chi connectivity index (χ0v) is 14.4. The maximum absolute atomic E-state index is 13.1. The van der Waals surface area contributed by atoms with Crippen LogP contribution in [0.2, 0.25) is 0 Å². The molecule has 0 amide bonds. The molecule has 0 unspecified atom stereocenters. The van der Waals surface area contributed by atoms with E-state index in [1.807, 2.05) is 50.8 Å². The van der Waals surface area contributed by atoms with Crippen molar-refractivity contribution >= 4 is 0 Å². The second-order valence-electron chi connectivity index (χ2n) is 6.17. The number of halogens is 1. The summed E-state index contributed by atoms with van der Waals surface area (Å²) < 4.78 is 13.1. The van der Waals surface area contributed by atoms with E-state index in [0.717, 1.165) is 28.9 Å². The molecule has 2 heterocycles. The molecular formula is C19H22FN5. The average molecular weight is 339 g/mol. The van der Waals surface area contributed by atoms with Crippen LogP contribution >= 0.6 is 0 Å². The Hall–Kier alpha value is -2.57. The number of rotatable bonds is 7. The van der Waals surface area contributed by atoms with Gasteiger partial charge in [0.1, 0.15) is 5.82 Å². The SMILES string of the molecule is CN(C)[C@@H](CNCc1cn[nH]c1-c1cccnc1)c1ccc(F)cc1. The number of benzene rings is 1. The van der Waals surface area contributed by atoms with E-state index >= 15 is 0 Å². The van der Waals surface area contributed by atoms with Gasteiger partial charge in [0.15, 0.2) is 0 Å². The summed E-state index contributed by atoms with van der Waals surface area (Å²) in [5, 5.41) is 10.7. The predicted octanol–water partition coefficient (Wildman–Crippen LogP) is 3.00. The van der Waals surface area contributed by atoms with Gasteiger partial charge in [0.05, 0.1) is 11.9 Å². The minimum absolute atomic E-state index is 0.161. The molecule has 3 aromatic rings. The first-order valence-corrected chi connectivity index (χ1v) is 8.20. The summed E-state index contributed by atoms with van der Waals surface area (Å²) in [6.45, 7) is 1.43. The molecule has 3 rings (SSSR count). The van der Waals surface area contributed by atoms with Gasteiger partial charge in [-0.3, -0.25) is 10.1 Å². The zero-order valence-electron chi connectivity index (χ0n) is 14.4. The fraction of sp³-hybridized carbons (Fsp3) is 0.263. The van der Waals surface area contributed by atoms with Crippen LogP contribution in [0.4, 0.5) is 4.39 Å². The smallest absolute Gasteiger partial charge is 0.123 e. The number of nitrogens with one attached hydrogen (secondary N) is 2. The lowest BCUT2D eigenvalue weighted by atomic mass is 10.1. The second kappa shape index (κ2) is 8.00. The molecule has 0 spiro atoms. The van der Waals surface area contributed by atoms with E-state index in [1.165, 1.54) is 12.1 Å². The Morgan fingerprint density at radius 1 is 1.16 bits per heavy atom. The Bertz CT molecular complexity index is 783. The summed E-state index contributed by atoms with van der Waals surface area (Å²) in [4.78, 5) is 6.28. The monoisotopic (exact) mass is 339 g/mol. The van der Waals surface area contributed by atoms with Crippen LogP contribution in [0.1, 0.15) is 17.2 Å². The molecule has 5 nitrogen and oxygen atoms in total. The van der Waals surface area contributed by atoms with E-state index in [1.54, 1.807) is 6.20 Å². The lowest BCUT2D eigenvalue weighted by molar-refractivity contribution is 0.288. The summed E-state index contributed by atoms with van der Waals surface area (Å²) in [5.41, 5.74) is 4.16. The van der Waals surface area contributed by atoms with Crippen LogP contribution in [0.3, 0.4) is 0 Å². The molecule has 1 atom stereocenters. The van der Waals surface area contributed by atoms with Crippen LogP contribution in [0, 0.1) is 5.82 Å². The molecule has 0 fully saturated rings. The molecular weight excluding hydrogens is 317 g/mol. The average Bonchev–Trinajstić information content (AvgIpc) is 3.09. The van der Waals surface area contributed by atoms with Gasteiger partial charge in [0.2, 0.25) is 0 Å². The van der Waals surface area contributed by atoms with Crippen molar-refractivity contribution in [2.45, 2.75) is 12.6 Å². The fourth-order valence-corrected chi connectivity index (χ4v) is 2.83. The van der Waals surface area contributed by atoms with Crippen molar-refractivity contribution in [1.29, 1.82) is 0 Å². The van der Waals surface area contributed by atoms with Gasteiger partial charge in [0.25, 0.3) is 0 Å². The molecule has 1 aromatic carbocycles. The van der Waals surface area contributed by atoms with Gasteiger partial charge in [-0.15, -0.1) is 0 Å². The predicted molar refractivity (Wildman–Crippen MR) is 96.4 cm³/mol. The molecule has 6 heteroatoms. The van der Waals surface area contributed by atoms with Crippen molar-refractivity contribution in [2.24, 2.45) is 0 Å². The van der Waals surface area contributed by atoms with Gasteiger partial charge in [-0.25, -0.2) is 4.39 Å². The second-order valence-corrected chi connectivity index (χ2v) is 6.17. The van der Waals surface area contributed by atoms with Crippen LogP contribution < -0.4 is 5.32 Å². The first-order valence-electron chi connectivity index (χ1n) is 8.20. The van der Waals surface area contributed by atoms with Crippen LogP contribution in [0.15, 0.2) is 55.0 Å². The zero-order chi connectivity index (χ0) is 17.6. The highest BCUT2D eigenvalue weighted by atomic mass is 19.1. The molecule has 0 aliphatic carbocycles. The molecule has 0 saturated heterocycles. The maximum Gasteiger partial charge on any atom is 0.123 e. The number of aromatic nitrogens is 3. The molecule has 0 aliphatic rings. The summed E-state index contributed by atoms with van der Waals surface area (Å²) in [5.74, 6) is -0.214. The van der Waals surface area contributed by atoms with Crippen LogP contribution in [0.25, 0.3) is 11.3 Å². The lowest BCUT2D eigenvalue weighted by Gasteiger charge is -2.25. The Balaban J connectivity index is 1.66. The quantitative estimate of drug-likeness (QED) is 0.695. The molecule has 2 N–H and O–H groups in total. The molecule has 0 radical (unpaired) electrons. The third kappa shape index (κ3) is 4.29. The number of aromatic amines is 1. The Labute approximate surface area is 146 Å². The number of likely N-dealkylation sites (N-methyl/N-ethyl adjacent to an activating group) is 1. The summed E-state index contributed by atoms with van der Waals surface area (Å²) >= 11 is 0. The first-order chi connectivity index (χ1) is 12.1. The van der Waals surface area contributed by atoms with E-state index in [4.69, 9.17) is 0 Å². The fourth-order valence-electron chi connectivity index (χ4n) is 2.83. The molecule has 2 aromatic heterocycles. The van der Waals surface area contributed by atoms with Gasteiger partial charge in [0, 0.05) is 42.7 Å². The largest absolute Gasteiger partial charge is 0.311 e. The van der Waals surface area contributed by atoms with Crippen LogP contribution in [-0.2, 0) is 6.54 Å². The Morgan fingerprint density at radius 2 is 1.96 bits per heavy atom. The number of nitrogens with zero attached hydrogens (tertiary/aromatic N) is 3. The van der Waals surface area contributed by atoms with Crippen molar-refractivity contribution < 1.29 is 4.39 Å². The van der Waals surface area contributed by atoms with E-state index < -0.39 is 0 Å². The topological polar surface area (TPSA) is 56.8 Å². The van der Waals surface area contributed by atoms with Gasteiger partial charge < -0.3 is 10.2 Å². The summed E-state index contributed by atoms with van der Waals surface area (Å²) in [6.07, 6.45) is 5.40. The minimum atomic E-state index is -0.214. The highest BCUT2D eigenvalue weighted by molar-refractivity contribution is 5.61. The van der Waals surface area contributed by atoms with Crippen molar-refractivity contribution in [3.8, 4) is 11.3 Å². The Kier molecular flexibility index (Phi) is 5.53. The maximum atomic E-state index is 13.1. The number of hydrogen-bond acceptors (Lipinski definition) is 4. The van der Waals surface area contributed by atoms with Gasteiger partial charge in [-0.2, -0.15) is 5.10 Å². The van der Waals surface area contributed by atoms with Crippen LogP contribution in [-0.4, -0.2) is 40.7 Å². The third-order valence-electron chi connectivity index (χ3n) is 4.20. The van der Waals surface area contributed by atoms with Crippen molar-refractivity contribution in [1.82, 2.24) is 25.4 Å². The van der Waals surface area contributed by atoms with E-state index in [-0.39, 0.29) is 11.9 Å². The Morgan fingerprint density at radius 3 is 2.64 bits per heavy atom. The van der Waals surface area contributed by atoms with Crippen LogP contribution in [0.5, 0.6) is 0 Å². The third-order valence-corrected chi connectivity index (χ3v) is 4.20. The van der Waals surface area contributed by atoms with E-state index in [2.05, 4.69) is 25.4 Å². The number of pyridine rings is 1. The molecule has 0 bridgehead atoms. The highest BCUT2D eigenvalue weighted by Gasteiger charge is 2.14. The lowest BCUT2D eigenvalue weighted by Crippen LogP contribution is -2.30. The molecule has 0 saturated carbocycles. The minimum Gasteiger partial charge on any atom is -0.311 e. The van der Waals surface area contributed by atoms with E-state index in [9.17, 15) is 4.39 Å². The first kappa shape index (κ1) is 17.3. The number of H-pyrrole nitrogens is 1.